The van der Waals surface area contributed by atoms with Crippen LogP contribution in [0, 0.1) is 0 Å². The quantitative estimate of drug-likeness (QED) is 0.862. The number of aliphatic hydroxyl groups is 1. The number of hydrogen-bond acceptors (Lipinski definition) is 5. The Balaban J connectivity index is 2.13. The Bertz CT molecular complexity index is 327. The van der Waals surface area contributed by atoms with E-state index in [1.165, 1.54) is 5.75 Å². The molecule has 1 aromatic rings. The summed E-state index contributed by atoms with van der Waals surface area (Å²) in [6, 6.07) is 0.432. The third-order valence-electron chi connectivity index (χ3n) is 2.65. The van der Waals surface area contributed by atoms with Crippen molar-refractivity contribution in [3.8, 4) is 0 Å². The van der Waals surface area contributed by atoms with E-state index in [1.54, 1.807) is 18.3 Å². The van der Waals surface area contributed by atoms with Crippen LogP contribution >= 0.6 is 23.1 Å². The van der Waals surface area contributed by atoms with E-state index >= 15 is 0 Å². The monoisotopic (exact) mass is 244 g/mol. The summed E-state index contributed by atoms with van der Waals surface area (Å²) in [5.41, 5.74) is 0.805. The predicted molar refractivity (Wildman–Crippen MR) is 65.4 cm³/mol. The van der Waals surface area contributed by atoms with Crippen molar-refractivity contribution < 1.29 is 5.11 Å². The van der Waals surface area contributed by atoms with E-state index in [0.717, 1.165) is 23.0 Å². The molecule has 2 heterocycles. The molecule has 5 heteroatoms. The highest BCUT2D eigenvalue weighted by molar-refractivity contribution is 7.99. The molecule has 15 heavy (non-hydrogen) atoms. The highest BCUT2D eigenvalue weighted by atomic mass is 32.2. The van der Waals surface area contributed by atoms with Crippen molar-refractivity contribution in [1.29, 1.82) is 0 Å². The van der Waals surface area contributed by atoms with Crippen LogP contribution in [0.3, 0.4) is 0 Å². The number of thioether (sulfide) groups is 1. The summed E-state index contributed by atoms with van der Waals surface area (Å²) in [5.74, 6) is 2.32. The van der Waals surface area contributed by atoms with Gasteiger partial charge in [-0.25, -0.2) is 4.98 Å². The smallest absolute Gasteiger partial charge is 0.111 e. The van der Waals surface area contributed by atoms with E-state index < -0.39 is 6.10 Å². The van der Waals surface area contributed by atoms with Gasteiger partial charge in [0, 0.05) is 23.4 Å². The number of aromatic nitrogens is 1. The molecule has 1 aliphatic heterocycles. The van der Waals surface area contributed by atoms with Crippen molar-refractivity contribution in [3.63, 3.8) is 0 Å². The second-order valence-corrected chi connectivity index (χ2v) is 5.90. The normalized spacial score (nSPS) is 25.4. The zero-order valence-electron chi connectivity index (χ0n) is 9.01. The first-order chi connectivity index (χ1) is 7.18. The van der Waals surface area contributed by atoms with E-state index in [9.17, 15) is 5.11 Å². The molecule has 0 spiro atoms. The van der Waals surface area contributed by atoms with Crippen LogP contribution in [0.1, 0.15) is 29.8 Å². The van der Waals surface area contributed by atoms with Crippen LogP contribution in [0.5, 0.6) is 0 Å². The lowest BCUT2D eigenvalue weighted by atomic mass is 10.3. The van der Waals surface area contributed by atoms with Gasteiger partial charge in [0.25, 0.3) is 0 Å². The van der Waals surface area contributed by atoms with Gasteiger partial charge in [0.15, 0.2) is 0 Å². The third-order valence-corrected chi connectivity index (χ3v) is 4.64. The van der Waals surface area contributed by atoms with Crippen LogP contribution in [0.15, 0.2) is 5.38 Å². The summed E-state index contributed by atoms with van der Waals surface area (Å²) in [7, 11) is 2.15. The summed E-state index contributed by atoms with van der Waals surface area (Å²) < 4.78 is 0. The van der Waals surface area contributed by atoms with Gasteiger partial charge in [-0.3, -0.25) is 4.90 Å². The summed E-state index contributed by atoms with van der Waals surface area (Å²) in [4.78, 5) is 6.85. The van der Waals surface area contributed by atoms with Gasteiger partial charge >= 0.3 is 0 Å². The van der Waals surface area contributed by atoms with E-state index in [2.05, 4.69) is 16.9 Å². The van der Waals surface area contributed by atoms with Gasteiger partial charge in [-0.1, -0.05) is 0 Å². The Morgan fingerprint density at radius 3 is 3.07 bits per heavy atom. The highest BCUT2D eigenvalue weighted by Crippen LogP contribution is 2.31. The number of rotatable bonds is 2. The molecule has 84 valence electrons. The Morgan fingerprint density at radius 2 is 2.47 bits per heavy atom. The lowest BCUT2D eigenvalue weighted by Crippen LogP contribution is -2.32. The predicted octanol–water partition coefficient (Wildman–Crippen LogP) is 1.92. The molecule has 3 nitrogen and oxygen atoms in total. The lowest BCUT2D eigenvalue weighted by Gasteiger charge is -2.30. The summed E-state index contributed by atoms with van der Waals surface area (Å²) >= 11 is 3.64. The molecule has 0 saturated carbocycles. The molecule has 0 radical (unpaired) electrons. The minimum absolute atomic E-state index is 0.432. The molecular weight excluding hydrogens is 228 g/mol. The first-order valence-electron chi connectivity index (χ1n) is 5.10. The molecule has 1 aliphatic rings. The maximum Gasteiger partial charge on any atom is 0.111 e. The zero-order valence-corrected chi connectivity index (χ0v) is 10.6. The first kappa shape index (κ1) is 11.4. The van der Waals surface area contributed by atoms with Crippen molar-refractivity contribution in [2.45, 2.75) is 19.1 Å². The van der Waals surface area contributed by atoms with Crippen molar-refractivity contribution in [1.82, 2.24) is 9.88 Å². The van der Waals surface area contributed by atoms with Gasteiger partial charge in [-0.05, 0) is 14.0 Å². The van der Waals surface area contributed by atoms with Crippen LogP contribution in [0.25, 0.3) is 0 Å². The van der Waals surface area contributed by atoms with Crippen LogP contribution in [-0.4, -0.2) is 40.1 Å². The van der Waals surface area contributed by atoms with E-state index in [-0.39, 0.29) is 0 Å². The van der Waals surface area contributed by atoms with Crippen molar-refractivity contribution in [3.05, 3.63) is 16.1 Å². The minimum Gasteiger partial charge on any atom is -0.387 e. The zero-order chi connectivity index (χ0) is 10.8. The molecule has 1 N–H and O–H groups in total. The Hall–Kier alpha value is -0.100. The number of nitrogens with zero attached hydrogens (tertiary/aromatic N) is 2. The van der Waals surface area contributed by atoms with Crippen molar-refractivity contribution >= 4 is 23.1 Å². The number of aliphatic hydroxyl groups excluding tert-OH is 1. The van der Waals surface area contributed by atoms with Gasteiger partial charge in [0.05, 0.1) is 17.8 Å². The molecule has 1 aromatic heterocycles. The summed E-state index contributed by atoms with van der Waals surface area (Å²) in [6.07, 6.45) is -0.448. The standard InChI is InChI=1S/C10H16N2OS2/c1-7(13)8-5-15-10(11-8)9-6-14-4-3-12(9)2/h5,7,9,13H,3-4,6H2,1-2H3. The molecule has 2 rings (SSSR count). The summed E-state index contributed by atoms with van der Waals surface area (Å²) in [5, 5.41) is 12.5. The van der Waals surface area contributed by atoms with Gasteiger partial charge in [0.1, 0.15) is 5.01 Å². The largest absolute Gasteiger partial charge is 0.387 e. The Morgan fingerprint density at radius 1 is 1.67 bits per heavy atom. The molecular formula is C10H16N2OS2. The van der Waals surface area contributed by atoms with Crippen molar-refractivity contribution in [2.75, 3.05) is 25.1 Å². The first-order valence-corrected chi connectivity index (χ1v) is 7.13. The molecule has 1 fully saturated rings. The summed E-state index contributed by atoms with van der Waals surface area (Å²) in [6.45, 7) is 2.89. The van der Waals surface area contributed by atoms with Gasteiger partial charge in [-0.2, -0.15) is 11.8 Å². The van der Waals surface area contributed by atoms with Crippen LogP contribution in [0.4, 0.5) is 0 Å². The fourth-order valence-electron chi connectivity index (χ4n) is 1.59. The van der Waals surface area contributed by atoms with Gasteiger partial charge < -0.3 is 5.11 Å². The van der Waals surface area contributed by atoms with Crippen molar-refractivity contribution in [2.24, 2.45) is 0 Å². The van der Waals surface area contributed by atoms with E-state index in [1.807, 2.05) is 17.1 Å². The second-order valence-electron chi connectivity index (χ2n) is 3.86. The lowest BCUT2D eigenvalue weighted by molar-refractivity contribution is 0.194. The van der Waals surface area contributed by atoms with E-state index in [4.69, 9.17) is 0 Å². The Labute approximate surface area is 98.5 Å². The molecule has 0 bridgehead atoms. The topological polar surface area (TPSA) is 36.4 Å². The molecule has 1 saturated heterocycles. The second kappa shape index (κ2) is 4.82. The third kappa shape index (κ3) is 2.53. The maximum atomic E-state index is 9.43. The van der Waals surface area contributed by atoms with E-state index in [0.29, 0.717) is 6.04 Å². The van der Waals surface area contributed by atoms with Crippen LogP contribution in [-0.2, 0) is 0 Å². The highest BCUT2D eigenvalue weighted by Gasteiger charge is 2.24. The van der Waals surface area contributed by atoms with Crippen LogP contribution < -0.4 is 0 Å². The minimum atomic E-state index is -0.448. The Kier molecular flexibility index (Phi) is 3.66. The molecule has 0 aliphatic carbocycles. The fourth-order valence-corrected chi connectivity index (χ4v) is 3.99. The average Bonchev–Trinajstić information content (AvgIpc) is 2.67. The van der Waals surface area contributed by atoms with Crippen LogP contribution in [0.2, 0.25) is 0 Å². The molecule has 0 amide bonds. The molecule has 2 atom stereocenters. The molecule has 0 aromatic carbocycles. The number of thiazole rings is 1. The fraction of sp³-hybridized carbons (Fsp3) is 0.700. The van der Waals surface area contributed by atoms with Gasteiger partial charge in [0.2, 0.25) is 0 Å². The number of hydrogen-bond donors (Lipinski definition) is 1. The van der Waals surface area contributed by atoms with Gasteiger partial charge in [-0.15, -0.1) is 11.3 Å². The maximum absolute atomic E-state index is 9.43. The average molecular weight is 244 g/mol. The SMILES string of the molecule is CC(O)c1csc(C2CSCCN2C)n1. The molecule has 2 unspecified atom stereocenters.